The lowest BCUT2D eigenvalue weighted by Gasteiger charge is -2.29. The number of hydrogen-bond acceptors (Lipinski definition) is 3. The van der Waals surface area contributed by atoms with Crippen molar-refractivity contribution in [3.05, 3.63) is 34.4 Å². The van der Waals surface area contributed by atoms with E-state index in [9.17, 15) is 9.59 Å². The van der Waals surface area contributed by atoms with Crippen LogP contribution in [-0.2, 0) is 4.74 Å². The average molecular weight is 316 g/mol. The van der Waals surface area contributed by atoms with Crippen LogP contribution in [0.15, 0.2) is 12.1 Å². The third-order valence-electron chi connectivity index (χ3n) is 4.42. The second-order valence-corrected chi connectivity index (χ2v) is 7.62. The topological polar surface area (TPSA) is 58.6 Å². The summed E-state index contributed by atoms with van der Waals surface area (Å²) in [5.74, 6) is 0.0959. The first-order valence-electron chi connectivity index (χ1n) is 8.05. The molecule has 1 fully saturated rings. The molecule has 2 heterocycles. The summed E-state index contributed by atoms with van der Waals surface area (Å²) in [6.07, 6.45) is -0.313. The highest BCUT2D eigenvalue weighted by molar-refractivity contribution is 5.99. The van der Waals surface area contributed by atoms with Crippen molar-refractivity contribution in [1.29, 1.82) is 0 Å². The maximum Gasteiger partial charge on any atom is 0.410 e. The number of likely N-dealkylation sites (tertiary alicyclic amines) is 1. The summed E-state index contributed by atoms with van der Waals surface area (Å²) in [4.78, 5) is 26.4. The minimum Gasteiger partial charge on any atom is -0.444 e. The fourth-order valence-corrected chi connectivity index (χ4v) is 3.58. The van der Waals surface area contributed by atoms with Gasteiger partial charge in [-0.3, -0.25) is 4.79 Å². The van der Waals surface area contributed by atoms with E-state index >= 15 is 0 Å². The van der Waals surface area contributed by atoms with Crippen molar-refractivity contribution < 1.29 is 14.3 Å². The number of rotatable bonds is 0. The molecule has 1 aromatic carbocycles. The molecule has 0 aliphatic carbocycles. The second kappa shape index (κ2) is 5.25. The Kier molecular flexibility index (Phi) is 3.62. The van der Waals surface area contributed by atoms with Gasteiger partial charge in [0.2, 0.25) is 0 Å². The van der Waals surface area contributed by atoms with Gasteiger partial charge in [-0.2, -0.15) is 0 Å². The standard InChI is InChI=1S/C18H24N2O3/c1-10-6-11(2)15-12(7-10)13-8-20(9-14(13)19-16(15)21)17(22)23-18(3,4)5/h6-7,13-14H,8-9H2,1-5H3,(H,19,21). The lowest BCUT2D eigenvalue weighted by atomic mass is 9.83. The smallest absolute Gasteiger partial charge is 0.410 e. The number of benzene rings is 1. The molecule has 5 heteroatoms. The Morgan fingerprint density at radius 1 is 1.26 bits per heavy atom. The van der Waals surface area contributed by atoms with Crippen LogP contribution in [0.5, 0.6) is 0 Å². The Bertz CT molecular complexity index is 676. The average Bonchev–Trinajstić information content (AvgIpc) is 2.79. The molecular weight excluding hydrogens is 292 g/mol. The highest BCUT2D eigenvalue weighted by atomic mass is 16.6. The molecule has 23 heavy (non-hydrogen) atoms. The van der Waals surface area contributed by atoms with Gasteiger partial charge in [0.15, 0.2) is 0 Å². The predicted octanol–water partition coefficient (Wildman–Crippen LogP) is 2.75. The van der Waals surface area contributed by atoms with E-state index < -0.39 is 5.60 Å². The summed E-state index contributed by atoms with van der Waals surface area (Å²) in [6, 6.07) is 4.07. The minimum atomic E-state index is -0.515. The number of nitrogens with one attached hydrogen (secondary N) is 1. The number of amides is 2. The number of nitrogens with zero attached hydrogens (tertiary/aromatic N) is 1. The van der Waals surface area contributed by atoms with Gasteiger partial charge < -0.3 is 15.0 Å². The summed E-state index contributed by atoms with van der Waals surface area (Å²) < 4.78 is 5.46. The molecule has 2 amide bonds. The van der Waals surface area contributed by atoms with Crippen LogP contribution < -0.4 is 5.32 Å². The van der Waals surface area contributed by atoms with Crippen LogP contribution in [0.3, 0.4) is 0 Å². The SMILES string of the molecule is Cc1cc(C)c2c(c1)C1CN(C(=O)OC(C)(C)C)CC1NC2=O. The molecule has 0 saturated carbocycles. The number of carbonyl (C=O) groups is 2. The third-order valence-corrected chi connectivity index (χ3v) is 4.42. The molecule has 2 atom stereocenters. The van der Waals surface area contributed by atoms with E-state index in [1.807, 2.05) is 40.7 Å². The Hall–Kier alpha value is -2.04. The summed E-state index contributed by atoms with van der Waals surface area (Å²) in [6.45, 7) is 10.7. The monoisotopic (exact) mass is 316 g/mol. The van der Waals surface area contributed by atoms with Crippen molar-refractivity contribution in [2.45, 2.75) is 52.2 Å². The fraction of sp³-hybridized carbons (Fsp3) is 0.556. The Morgan fingerprint density at radius 3 is 2.61 bits per heavy atom. The Morgan fingerprint density at radius 2 is 1.96 bits per heavy atom. The third kappa shape index (κ3) is 2.92. The number of hydrogen-bond donors (Lipinski definition) is 1. The van der Waals surface area contributed by atoms with E-state index in [1.165, 1.54) is 0 Å². The first-order chi connectivity index (χ1) is 10.7. The molecule has 1 N–H and O–H groups in total. The van der Waals surface area contributed by atoms with Gasteiger partial charge in [-0.25, -0.2) is 4.79 Å². The number of carbonyl (C=O) groups excluding carboxylic acids is 2. The van der Waals surface area contributed by atoms with Crippen molar-refractivity contribution in [3.8, 4) is 0 Å². The Labute approximate surface area is 137 Å². The summed E-state index contributed by atoms with van der Waals surface area (Å²) in [5.41, 5.74) is 3.45. The summed E-state index contributed by atoms with van der Waals surface area (Å²) in [7, 11) is 0. The minimum absolute atomic E-state index is 0.0372. The van der Waals surface area contributed by atoms with Gasteiger partial charge in [0.05, 0.1) is 6.04 Å². The zero-order chi connectivity index (χ0) is 16.9. The quantitative estimate of drug-likeness (QED) is 0.800. The number of aryl methyl sites for hydroxylation is 2. The molecule has 2 aliphatic rings. The van der Waals surface area contributed by atoms with Crippen LogP contribution in [0, 0.1) is 13.8 Å². The first kappa shape index (κ1) is 15.8. The molecule has 0 radical (unpaired) electrons. The van der Waals surface area contributed by atoms with Crippen LogP contribution in [-0.4, -0.2) is 41.6 Å². The van der Waals surface area contributed by atoms with Crippen LogP contribution >= 0.6 is 0 Å². The molecular formula is C18H24N2O3. The molecule has 1 aromatic rings. The Balaban J connectivity index is 1.89. The van der Waals surface area contributed by atoms with Crippen LogP contribution in [0.4, 0.5) is 4.79 Å². The summed E-state index contributed by atoms with van der Waals surface area (Å²) >= 11 is 0. The van der Waals surface area contributed by atoms with Gasteiger partial charge in [-0.05, 0) is 45.7 Å². The van der Waals surface area contributed by atoms with Crippen molar-refractivity contribution in [2.24, 2.45) is 0 Å². The van der Waals surface area contributed by atoms with Crippen molar-refractivity contribution in [1.82, 2.24) is 10.2 Å². The maximum absolute atomic E-state index is 12.4. The summed E-state index contributed by atoms with van der Waals surface area (Å²) in [5, 5.41) is 3.05. The van der Waals surface area contributed by atoms with Crippen LogP contribution in [0.2, 0.25) is 0 Å². The molecule has 0 bridgehead atoms. The van der Waals surface area contributed by atoms with E-state index in [0.717, 1.165) is 22.3 Å². The van der Waals surface area contributed by atoms with Crippen LogP contribution in [0.1, 0.15) is 53.7 Å². The lowest BCUT2D eigenvalue weighted by molar-refractivity contribution is 0.0288. The van der Waals surface area contributed by atoms with Gasteiger partial charge in [0.1, 0.15) is 5.60 Å². The molecule has 0 aromatic heterocycles. The zero-order valence-electron chi connectivity index (χ0n) is 14.4. The van der Waals surface area contributed by atoms with Crippen molar-refractivity contribution in [2.75, 3.05) is 13.1 Å². The van der Waals surface area contributed by atoms with Gasteiger partial charge in [0, 0.05) is 24.6 Å². The normalized spacial score (nSPS) is 23.2. The highest BCUT2D eigenvalue weighted by Crippen LogP contribution is 2.36. The van der Waals surface area contributed by atoms with Gasteiger partial charge in [0.25, 0.3) is 5.91 Å². The largest absolute Gasteiger partial charge is 0.444 e. The van der Waals surface area contributed by atoms with Gasteiger partial charge in [-0.1, -0.05) is 17.7 Å². The number of ether oxygens (including phenoxy) is 1. The first-order valence-corrected chi connectivity index (χ1v) is 8.05. The molecule has 5 nitrogen and oxygen atoms in total. The van der Waals surface area contributed by atoms with E-state index in [0.29, 0.717) is 13.1 Å². The lowest BCUT2D eigenvalue weighted by Crippen LogP contribution is -2.45. The fourth-order valence-electron chi connectivity index (χ4n) is 3.58. The zero-order valence-corrected chi connectivity index (χ0v) is 14.4. The molecule has 0 spiro atoms. The maximum atomic E-state index is 12.4. The van der Waals surface area contributed by atoms with Gasteiger partial charge >= 0.3 is 6.09 Å². The van der Waals surface area contributed by atoms with Crippen LogP contribution in [0.25, 0.3) is 0 Å². The molecule has 1 saturated heterocycles. The molecule has 3 rings (SSSR count). The second-order valence-electron chi connectivity index (χ2n) is 7.62. The van der Waals surface area contributed by atoms with Crippen molar-refractivity contribution >= 4 is 12.0 Å². The van der Waals surface area contributed by atoms with E-state index in [1.54, 1.807) is 4.90 Å². The molecule has 124 valence electrons. The van der Waals surface area contributed by atoms with Crippen molar-refractivity contribution in [3.63, 3.8) is 0 Å². The van der Waals surface area contributed by atoms with E-state index in [4.69, 9.17) is 4.74 Å². The van der Waals surface area contributed by atoms with E-state index in [-0.39, 0.29) is 24.0 Å². The molecule has 2 unspecified atom stereocenters. The number of fused-ring (bicyclic) bond motifs is 3. The predicted molar refractivity (Wildman–Crippen MR) is 87.7 cm³/mol. The highest BCUT2D eigenvalue weighted by Gasteiger charge is 2.43. The van der Waals surface area contributed by atoms with E-state index in [2.05, 4.69) is 11.4 Å². The van der Waals surface area contributed by atoms with Gasteiger partial charge in [-0.15, -0.1) is 0 Å². The molecule has 2 aliphatic heterocycles.